The summed E-state index contributed by atoms with van der Waals surface area (Å²) >= 11 is 6.06. The smallest absolute Gasteiger partial charge is 0.283 e. The average Bonchev–Trinajstić information content (AvgIpc) is 2.97. The van der Waals surface area contributed by atoms with Gasteiger partial charge in [0.25, 0.3) is 11.6 Å². The van der Waals surface area contributed by atoms with E-state index in [-0.39, 0.29) is 28.2 Å². The van der Waals surface area contributed by atoms with Crippen molar-refractivity contribution in [2.75, 3.05) is 6.54 Å². The fourth-order valence-corrected chi connectivity index (χ4v) is 2.68. The first-order valence-corrected chi connectivity index (χ1v) is 7.05. The largest absolute Gasteiger partial charge is 0.334 e. The van der Waals surface area contributed by atoms with Crippen LogP contribution in [0.25, 0.3) is 11.5 Å². The molecule has 0 amide bonds. The molecule has 2 aromatic rings. The summed E-state index contributed by atoms with van der Waals surface area (Å²) in [5, 5.41) is 18.5. The normalized spacial score (nSPS) is 18.6. The quantitative estimate of drug-likeness (QED) is 0.691. The van der Waals surface area contributed by atoms with E-state index in [0.29, 0.717) is 5.82 Å². The minimum absolute atomic E-state index is 0.0257. The number of piperidine rings is 1. The van der Waals surface area contributed by atoms with Crippen LogP contribution in [0.3, 0.4) is 0 Å². The molecule has 0 radical (unpaired) electrons. The zero-order valence-electron chi connectivity index (χ0n) is 11.1. The van der Waals surface area contributed by atoms with E-state index in [1.54, 1.807) is 6.07 Å². The summed E-state index contributed by atoms with van der Waals surface area (Å²) in [6.45, 7) is 0.904. The van der Waals surface area contributed by atoms with Gasteiger partial charge in [0, 0.05) is 6.07 Å². The molecule has 8 heteroatoms. The number of hydrogen-bond acceptors (Lipinski definition) is 6. The van der Waals surface area contributed by atoms with Crippen LogP contribution in [-0.4, -0.2) is 21.6 Å². The Morgan fingerprint density at radius 2 is 2.29 bits per heavy atom. The number of aromatic nitrogens is 2. The highest BCUT2D eigenvalue weighted by Gasteiger charge is 2.26. The molecule has 1 aliphatic heterocycles. The molecule has 1 aromatic heterocycles. The van der Waals surface area contributed by atoms with Crippen LogP contribution < -0.4 is 5.32 Å². The number of nitro benzene ring substituents is 1. The molecule has 1 unspecified atom stereocenters. The number of halogens is 1. The molecule has 2 heterocycles. The molecule has 1 N–H and O–H groups in total. The highest BCUT2D eigenvalue weighted by Crippen LogP contribution is 2.35. The second-order valence-electron chi connectivity index (χ2n) is 4.85. The van der Waals surface area contributed by atoms with Crippen molar-refractivity contribution in [3.8, 4) is 11.5 Å². The third-order valence-electron chi connectivity index (χ3n) is 3.47. The van der Waals surface area contributed by atoms with E-state index in [2.05, 4.69) is 15.5 Å². The molecule has 0 aliphatic carbocycles. The van der Waals surface area contributed by atoms with Crippen molar-refractivity contribution in [2.24, 2.45) is 0 Å². The highest BCUT2D eigenvalue weighted by molar-refractivity contribution is 6.33. The first-order valence-electron chi connectivity index (χ1n) is 6.67. The number of hydrogen-bond donors (Lipinski definition) is 1. The molecule has 1 fully saturated rings. The van der Waals surface area contributed by atoms with Crippen LogP contribution in [-0.2, 0) is 0 Å². The van der Waals surface area contributed by atoms with Crippen LogP contribution in [0.1, 0.15) is 31.1 Å². The average molecular weight is 309 g/mol. The number of nitrogens with zero attached hydrogens (tertiary/aromatic N) is 3. The van der Waals surface area contributed by atoms with Gasteiger partial charge in [0.1, 0.15) is 5.56 Å². The zero-order valence-corrected chi connectivity index (χ0v) is 11.8. The molecule has 1 atom stereocenters. The predicted molar refractivity (Wildman–Crippen MR) is 76.0 cm³/mol. The summed E-state index contributed by atoms with van der Waals surface area (Å²) in [7, 11) is 0. The van der Waals surface area contributed by atoms with Crippen molar-refractivity contribution in [3.63, 3.8) is 0 Å². The Morgan fingerprint density at radius 3 is 3.00 bits per heavy atom. The SMILES string of the molecule is O=[N+]([O-])c1cccc(Cl)c1-c1nc(C2CCCCN2)no1. The Kier molecular flexibility index (Phi) is 3.85. The van der Waals surface area contributed by atoms with E-state index in [0.717, 1.165) is 25.8 Å². The van der Waals surface area contributed by atoms with Gasteiger partial charge in [0.05, 0.1) is 16.0 Å². The number of nitro groups is 1. The van der Waals surface area contributed by atoms with Crippen molar-refractivity contribution in [1.82, 2.24) is 15.5 Å². The summed E-state index contributed by atoms with van der Waals surface area (Å²) in [4.78, 5) is 14.9. The Labute approximate surface area is 125 Å². The molecule has 1 aliphatic rings. The maximum Gasteiger partial charge on any atom is 0.283 e. The lowest BCUT2D eigenvalue weighted by atomic mass is 10.0. The standard InChI is InChI=1S/C13H13ClN4O3/c14-8-4-3-6-10(18(19)20)11(8)13-16-12(17-21-13)9-5-1-2-7-15-9/h3-4,6,9,15H,1-2,5,7H2. The molecule has 1 aromatic carbocycles. The van der Waals surface area contributed by atoms with Crippen LogP contribution in [0, 0.1) is 10.1 Å². The topological polar surface area (TPSA) is 94.1 Å². The fourth-order valence-electron chi connectivity index (χ4n) is 2.43. The molecule has 3 rings (SSSR count). The van der Waals surface area contributed by atoms with Crippen LogP contribution in [0.4, 0.5) is 5.69 Å². The maximum absolute atomic E-state index is 11.1. The molecule has 21 heavy (non-hydrogen) atoms. The van der Waals surface area contributed by atoms with Gasteiger partial charge in [-0.3, -0.25) is 10.1 Å². The summed E-state index contributed by atoms with van der Waals surface area (Å²) in [6, 6.07) is 4.47. The number of nitrogens with one attached hydrogen (secondary N) is 1. The Bertz CT molecular complexity index is 667. The van der Waals surface area contributed by atoms with Crippen molar-refractivity contribution in [2.45, 2.75) is 25.3 Å². The van der Waals surface area contributed by atoms with E-state index in [1.807, 2.05) is 0 Å². The lowest BCUT2D eigenvalue weighted by Gasteiger charge is -2.19. The summed E-state index contributed by atoms with van der Waals surface area (Å²) in [5.74, 6) is 0.591. The van der Waals surface area contributed by atoms with Gasteiger partial charge in [0.15, 0.2) is 5.82 Å². The van der Waals surface area contributed by atoms with Gasteiger partial charge in [0.2, 0.25) is 0 Å². The van der Waals surface area contributed by atoms with Gasteiger partial charge in [-0.15, -0.1) is 0 Å². The van der Waals surface area contributed by atoms with Crippen molar-refractivity contribution >= 4 is 17.3 Å². The molecule has 1 saturated heterocycles. The van der Waals surface area contributed by atoms with Gasteiger partial charge < -0.3 is 9.84 Å². The van der Waals surface area contributed by atoms with Crippen LogP contribution in [0.5, 0.6) is 0 Å². The van der Waals surface area contributed by atoms with Crippen LogP contribution in [0.2, 0.25) is 5.02 Å². The third-order valence-corrected chi connectivity index (χ3v) is 3.78. The molecule has 0 spiro atoms. The number of rotatable bonds is 3. The van der Waals surface area contributed by atoms with Crippen molar-refractivity contribution in [1.29, 1.82) is 0 Å². The molecule has 7 nitrogen and oxygen atoms in total. The van der Waals surface area contributed by atoms with Gasteiger partial charge in [-0.2, -0.15) is 4.98 Å². The van der Waals surface area contributed by atoms with Crippen molar-refractivity contribution in [3.05, 3.63) is 39.2 Å². The minimum Gasteiger partial charge on any atom is -0.334 e. The summed E-state index contributed by atoms with van der Waals surface area (Å²) in [6.07, 6.45) is 3.13. The third kappa shape index (κ3) is 2.74. The fraction of sp³-hybridized carbons (Fsp3) is 0.385. The molecular formula is C13H13ClN4O3. The maximum atomic E-state index is 11.1. The minimum atomic E-state index is -0.510. The Balaban J connectivity index is 1.98. The first kappa shape index (κ1) is 14.0. The lowest BCUT2D eigenvalue weighted by molar-refractivity contribution is -0.384. The van der Waals surface area contributed by atoms with Crippen LogP contribution in [0.15, 0.2) is 22.7 Å². The lowest BCUT2D eigenvalue weighted by Crippen LogP contribution is -2.27. The molecular weight excluding hydrogens is 296 g/mol. The van der Waals surface area contributed by atoms with Gasteiger partial charge in [-0.05, 0) is 25.5 Å². The van der Waals surface area contributed by atoms with E-state index in [4.69, 9.17) is 16.1 Å². The Morgan fingerprint density at radius 1 is 1.43 bits per heavy atom. The zero-order chi connectivity index (χ0) is 14.8. The number of benzene rings is 1. The monoisotopic (exact) mass is 308 g/mol. The van der Waals surface area contributed by atoms with Gasteiger partial charge in [-0.25, -0.2) is 0 Å². The summed E-state index contributed by atoms with van der Waals surface area (Å²) in [5.41, 5.74) is 0.0213. The first-order chi connectivity index (χ1) is 10.2. The van der Waals surface area contributed by atoms with Crippen molar-refractivity contribution < 1.29 is 9.45 Å². The molecule has 0 bridgehead atoms. The van der Waals surface area contributed by atoms with Gasteiger partial charge >= 0.3 is 0 Å². The van der Waals surface area contributed by atoms with E-state index in [1.165, 1.54) is 12.1 Å². The van der Waals surface area contributed by atoms with Gasteiger partial charge in [-0.1, -0.05) is 29.2 Å². The van der Waals surface area contributed by atoms with E-state index >= 15 is 0 Å². The Hall–Kier alpha value is -1.99. The second kappa shape index (κ2) is 5.79. The summed E-state index contributed by atoms with van der Waals surface area (Å²) < 4.78 is 5.19. The van der Waals surface area contributed by atoms with E-state index < -0.39 is 4.92 Å². The highest BCUT2D eigenvalue weighted by atomic mass is 35.5. The molecule has 110 valence electrons. The predicted octanol–water partition coefficient (Wildman–Crippen LogP) is 3.11. The molecule has 0 saturated carbocycles. The van der Waals surface area contributed by atoms with E-state index in [9.17, 15) is 10.1 Å². The second-order valence-corrected chi connectivity index (χ2v) is 5.26. The van der Waals surface area contributed by atoms with Crippen LogP contribution >= 0.6 is 11.6 Å².